The molecule has 0 spiro atoms. The fourth-order valence-electron chi connectivity index (χ4n) is 5.58. The van der Waals surface area contributed by atoms with Crippen LogP contribution in [-0.2, 0) is 10.0 Å². The molecule has 0 amide bonds. The van der Waals surface area contributed by atoms with Crippen molar-refractivity contribution in [2.75, 3.05) is 16.6 Å². The zero-order valence-corrected chi connectivity index (χ0v) is 27.2. The number of aromatic nitrogens is 1. The third kappa shape index (κ3) is 7.31. The molecule has 7 nitrogen and oxygen atoms in total. The van der Waals surface area contributed by atoms with E-state index < -0.39 is 33.8 Å². The molecule has 1 saturated carbocycles. The Morgan fingerprint density at radius 2 is 1.61 bits per heavy atom. The maximum Gasteiger partial charge on any atom is 0.397 e. The van der Waals surface area contributed by atoms with Crippen molar-refractivity contribution in [2.45, 2.75) is 70.2 Å². The Morgan fingerprint density at radius 1 is 0.957 bits per heavy atom. The molecule has 0 saturated heterocycles. The minimum Gasteiger partial charge on any atom is -0.493 e. The highest BCUT2D eigenvalue weighted by molar-refractivity contribution is 7.92. The molecule has 0 radical (unpaired) electrons. The second kappa shape index (κ2) is 12.3. The van der Waals surface area contributed by atoms with Crippen LogP contribution in [-0.4, -0.2) is 42.9 Å². The predicted molar refractivity (Wildman–Crippen MR) is 174 cm³/mol. The Kier molecular flexibility index (Phi) is 8.87. The topological polar surface area (TPSA) is 101 Å². The van der Waals surface area contributed by atoms with E-state index in [2.05, 4.69) is 15.0 Å². The standard InChI is InChI=1S/C35H38F3N3O4S/c1-22-9-6-10-23(2)32(22)29-17-31(41-46(43,44)28-14-8-12-25(16-28)40-26-18-34(5,42)19-26)39-20-30(29)24-11-7-13-27(15-24)45-21-33(3,4)35(36,37)38/h6-17,20,26,40,42H,18-19,21H2,1-5H3,(H,39,41). The van der Waals surface area contributed by atoms with Crippen molar-refractivity contribution in [2.24, 2.45) is 5.41 Å². The maximum atomic E-state index is 13.5. The summed E-state index contributed by atoms with van der Waals surface area (Å²) in [4.78, 5) is 4.50. The summed E-state index contributed by atoms with van der Waals surface area (Å²) in [7, 11) is -4.03. The number of halogens is 3. The number of rotatable bonds is 10. The minimum atomic E-state index is -4.43. The second-order valence-electron chi connectivity index (χ2n) is 13.0. The number of nitrogens with zero attached hydrogens (tertiary/aromatic N) is 1. The number of pyridine rings is 1. The van der Waals surface area contributed by atoms with Crippen LogP contribution in [0.15, 0.2) is 83.9 Å². The monoisotopic (exact) mass is 653 g/mol. The number of ether oxygens (including phenoxy) is 1. The first kappa shape index (κ1) is 33.3. The highest BCUT2D eigenvalue weighted by atomic mass is 32.2. The van der Waals surface area contributed by atoms with Crippen molar-refractivity contribution in [3.8, 4) is 28.0 Å². The summed E-state index contributed by atoms with van der Waals surface area (Å²) >= 11 is 0. The van der Waals surface area contributed by atoms with Crippen LogP contribution in [0.5, 0.6) is 5.75 Å². The largest absolute Gasteiger partial charge is 0.493 e. The number of hydrogen-bond acceptors (Lipinski definition) is 6. The van der Waals surface area contributed by atoms with Gasteiger partial charge in [0, 0.05) is 23.5 Å². The number of hydrogen-bond donors (Lipinski definition) is 3. The lowest BCUT2D eigenvalue weighted by Gasteiger charge is -2.41. The Labute approximate surface area is 267 Å². The summed E-state index contributed by atoms with van der Waals surface area (Å²) in [6, 6.07) is 20.8. The smallest absolute Gasteiger partial charge is 0.397 e. The van der Waals surface area contributed by atoms with Crippen molar-refractivity contribution in [1.29, 1.82) is 0 Å². The van der Waals surface area contributed by atoms with Gasteiger partial charge in [-0.05, 0) is 112 Å². The molecular formula is C35H38F3N3O4S. The number of sulfonamides is 1. The van der Waals surface area contributed by atoms with Gasteiger partial charge in [0.05, 0.1) is 15.9 Å². The normalized spacial score (nSPS) is 18.5. The van der Waals surface area contributed by atoms with Crippen LogP contribution in [0.4, 0.5) is 24.7 Å². The maximum absolute atomic E-state index is 13.5. The number of alkyl halides is 3. The molecular weight excluding hydrogens is 615 g/mol. The average molecular weight is 654 g/mol. The summed E-state index contributed by atoms with van der Waals surface area (Å²) in [5, 5.41) is 13.3. The fraction of sp³-hybridized carbons (Fsp3) is 0.343. The first-order valence-electron chi connectivity index (χ1n) is 14.9. The highest BCUT2D eigenvalue weighted by Crippen LogP contribution is 2.40. The molecule has 0 atom stereocenters. The summed E-state index contributed by atoms with van der Waals surface area (Å²) in [5.41, 5.74) is 2.66. The minimum absolute atomic E-state index is 0.0507. The molecule has 1 fully saturated rings. The van der Waals surface area contributed by atoms with Crippen molar-refractivity contribution in [3.63, 3.8) is 0 Å². The molecule has 46 heavy (non-hydrogen) atoms. The van der Waals surface area contributed by atoms with Crippen molar-refractivity contribution in [1.82, 2.24) is 4.98 Å². The molecule has 1 aliphatic carbocycles. The quantitative estimate of drug-likeness (QED) is 0.160. The van der Waals surface area contributed by atoms with E-state index in [1.165, 1.54) is 6.07 Å². The SMILES string of the molecule is Cc1cccc(C)c1-c1cc(NS(=O)(=O)c2cccc(NC3CC(C)(O)C3)c2)ncc1-c1cccc(OCC(C)(C)C(F)(F)F)c1. The molecule has 0 bridgehead atoms. The molecule has 3 aromatic carbocycles. The van der Waals surface area contributed by atoms with E-state index in [0.29, 0.717) is 35.2 Å². The summed E-state index contributed by atoms with van der Waals surface area (Å²) in [6.45, 7) is 7.30. The van der Waals surface area contributed by atoms with Gasteiger partial charge in [-0.1, -0.05) is 36.4 Å². The van der Waals surface area contributed by atoms with Gasteiger partial charge in [-0.25, -0.2) is 13.4 Å². The molecule has 5 rings (SSSR count). The second-order valence-corrected chi connectivity index (χ2v) is 14.6. The number of aryl methyl sites for hydroxylation is 2. The summed E-state index contributed by atoms with van der Waals surface area (Å²) < 4.78 is 75.5. The fourth-order valence-corrected chi connectivity index (χ4v) is 6.62. The third-order valence-corrected chi connectivity index (χ3v) is 9.65. The third-order valence-electron chi connectivity index (χ3n) is 8.29. The van der Waals surface area contributed by atoms with Crippen LogP contribution in [0.3, 0.4) is 0 Å². The van der Waals surface area contributed by atoms with E-state index in [1.54, 1.807) is 61.7 Å². The number of benzene rings is 3. The predicted octanol–water partition coefficient (Wildman–Crippen LogP) is 8.13. The van der Waals surface area contributed by atoms with Gasteiger partial charge in [0.1, 0.15) is 18.2 Å². The van der Waals surface area contributed by atoms with Crippen LogP contribution in [0.2, 0.25) is 0 Å². The van der Waals surface area contributed by atoms with Crippen LogP contribution in [0.25, 0.3) is 22.3 Å². The summed E-state index contributed by atoms with van der Waals surface area (Å²) in [6.07, 6.45) is -1.73. The van der Waals surface area contributed by atoms with Crippen molar-refractivity contribution >= 4 is 21.5 Å². The van der Waals surface area contributed by atoms with Gasteiger partial charge in [0.25, 0.3) is 10.0 Å². The zero-order valence-electron chi connectivity index (χ0n) is 26.4. The summed E-state index contributed by atoms with van der Waals surface area (Å²) in [5.74, 6) is 0.375. The molecule has 1 aromatic heterocycles. The van der Waals surface area contributed by atoms with Crippen LogP contribution in [0.1, 0.15) is 44.7 Å². The Bertz CT molecular complexity index is 1830. The average Bonchev–Trinajstić information content (AvgIpc) is 2.95. The first-order valence-corrected chi connectivity index (χ1v) is 16.4. The lowest BCUT2D eigenvalue weighted by atomic mass is 9.77. The molecule has 3 N–H and O–H groups in total. The van der Waals surface area contributed by atoms with Crippen LogP contribution in [0, 0.1) is 19.3 Å². The van der Waals surface area contributed by atoms with Crippen LogP contribution < -0.4 is 14.8 Å². The number of nitrogens with one attached hydrogen (secondary N) is 2. The lowest BCUT2D eigenvalue weighted by molar-refractivity contribution is -0.219. The van der Waals surface area contributed by atoms with Gasteiger partial charge < -0.3 is 15.2 Å². The molecule has 1 heterocycles. The molecule has 4 aromatic rings. The van der Waals surface area contributed by atoms with Crippen molar-refractivity contribution < 1.29 is 31.4 Å². The molecule has 0 unspecified atom stereocenters. The molecule has 11 heteroatoms. The Balaban J connectivity index is 1.47. The van der Waals surface area contributed by atoms with Crippen LogP contribution >= 0.6 is 0 Å². The first-order chi connectivity index (χ1) is 21.4. The number of aliphatic hydroxyl groups is 1. The van der Waals surface area contributed by atoms with Gasteiger partial charge in [0.15, 0.2) is 0 Å². The van der Waals surface area contributed by atoms with Gasteiger partial charge in [-0.3, -0.25) is 4.72 Å². The molecule has 244 valence electrons. The Hall–Kier alpha value is -4.09. The van der Waals surface area contributed by atoms with Gasteiger partial charge >= 0.3 is 6.18 Å². The van der Waals surface area contributed by atoms with Crippen molar-refractivity contribution in [3.05, 3.63) is 90.1 Å². The number of anilines is 2. The molecule has 0 aliphatic heterocycles. The lowest BCUT2D eigenvalue weighted by Crippen LogP contribution is -2.48. The van der Waals surface area contributed by atoms with E-state index >= 15 is 0 Å². The van der Waals surface area contributed by atoms with E-state index in [9.17, 15) is 26.7 Å². The van der Waals surface area contributed by atoms with Gasteiger partial charge in [-0.2, -0.15) is 13.2 Å². The Morgan fingerprint density at radius 3 is 2.26 bits per heavy atom. The van der Waals surface area contributed by atoms with E-state index in [4.69, 9.17) is 4.74 Å². The highest BCUT2D eigenvalue weighted by Gasteiger charge is 2.48. The van der Waals surface area contributed by atoms with E-state index in [0.717, 1.165) is 30.5 Å². The van der Waals surface area contributed by atoms with E-state index in [1.807, 2.05) is 32.0 Å². The molecule has 1 aliphatic rings. The van der Waals surface area contributed by atoms with E-state index in [-0.39, 0.29) is 22.5 Å². The zero-order chi connectivity index (χ0) is 33.5. The van der Waals surface area contributed by atoms with Gasteiger partial charge in [0.2, 0.25) is 0 Å². The van der Waals surface area contributed by atoms with Gasteiger partial charge in [-0.15, -0.1) is 0 Å².